The van der Waals surface area contributed by atoms with Gasteiger partial charge in [-0.05, 0) is 25.2 Å². The van der Waals surface area contributed by atoms with Gasteiger partial charge in [-0.2, -0.15) is 0 Å². The lowest BCUT2D eigenvalue weighted by molar-refractivity contribution is 0.370. The summed E-state index contributed by atoms with van der Waals surface area (Å²) in [5, 5.41) is 3.66. The Labute approximate surface area is 176 Å². The van der Waals surface area contributed by atoms with Crippen molar-refractivity contribution in [3.05, 3.63) is 16.1 Å². The molecular weight excluding hydrogens is 483 g/mol. The maximum Gasteiger partial charge on any atom is 0.194 e. The fourth-order valence-electron chi connectivity index (χ4n) is 4.02. The highest BCUT2D eigenvalue weighted by Crippen LogP contribution is 2.24. The molecule has 3 heterocycles. The van der Waals surface area contributed by atoms with Gasteiger partial charge >= 0.3 is 0 Å². The molecular formula is C17H27IN4O2S2. The summed E-state index contributed by atoms with van der Waals surface area (Å²) in [6.45, 7) is 2.40. The van der Waals surface area contributed by atoms with Crippen LogP contribution in [0.1, 0.15) is 42.7 Å². The first-order chi connectivity index (χ1) is 12.1. The van der Waals surface area contributed by atoms with Crippen LogP contribution in [0.5, 0.6) is 0 Å². The third-order valence-electron chi connectivity index (χ3n) is 5.49. The van der Waals surface area contributed by atoms with Gasteiger partial charge < -0.3 is 10.2 Å². The van der Waals surface area contributed by atoms with Crippen LogP contribution >= 0.6 is 35.3 Å². The lowest BCUT2D eigenvalue weighted by atomic mass is 10.1. The lowest BCUT2D eigenvalue weighted by Crippen LogP contribution is -2.47. The second-order valence-corrected chi connectivity index (χ2v) is 10.6. The summed E-state index contributed by atoms with van der Waals surface area (Å²) < 4.78 is 23.4. The van der Waals surface area contributed by atoms with Crippen LogP contribution in [0.4, 0.5) is 0 Å². The Morgan fingerprint density at radius 3 is 2.88 bits per heavy atom. The van der Waals surface area contributed by atoms with Crippen molar-refractivity contribution in [1.29, 1.82) is 0 Å². The van der Waals surface area contributed by atoms with E-state index in [0.717, 1.165) is 31.9 Å². The van der Waals surface area contributed by atoms with Gasteiger partial charge in [0.25, 0.3) is 0 Å². The summed E-state index contributed by atoms with van der Waals surface area (Å²) in [5.41, 5.74) is 3.15. The summed E-state index contributed by atoms with van der Waals surface area (Å²) in [6.07, 6.45) is 6.69. The molecule has 6 nitrogen and oxygen atoms in total. The number of fused-ring (bicyclic) bond motifs is 1. The molecule has 0 radical (unpaired) electrons. The summed E-state index contributed by atoms with van der Waals surface area (Å²) in [6, 6.07) is 0.508. The smallest absolute Gasteiger partial charge is 0.194 e. The Morgan fingerprint density at radius 2 is 2.15 bits per heavy atom. The third-order valence-corrected chi connectivity index (χ3v) is 8.19. The number of halogens is 1. The van der Waals surface area contributed by atoms with E-state index in [9.17, 15) is 8.42 Å². The number of guanidine groups is 1. The molecule has 1 saturated carbocycles. The lowest BCUT2D eigenvalue weighted by Gasteiger charge is -2.31. The zero-order chi connectivity index (χ0) is 17.3. The molecule has 0 amide bonds. The molecule has 1 aliphatic carbocycles. The Morgan fingerprint density at radius 1 is 1.35 bits per heavy atom. The Balaban J connectivity index is 0.00000196. The maximum atomic E-state index is 11.7. The van der Waals surface area contributed by atoms with Crippen LogP contribution in [-0.2, 0) is 22.8 Å². The van der Waals surface area contributed by atoms with E-state index in [0.29, 0.717) is 24.1 Å². The van der Waals surface area contributed by atoms with Crippen LogP contribution < -0.4 is 5.32 Å². The predicted octanol–water partition coefficient (Wildman–Crippen LogP) is 2.44. The van der Waals surface area contributed by atoms with E-state index in [-0.39, 0.29) is 29.9 Å². The minimum absolute atomic E-state index is 0. The number of nitrogens with zero attached hydrogens (tertiary/aromatic N) is 3. The van der Waals surface area contributed by atoms with E-state index >= 15 is 0 Å². The van der Waals surface area contributed by atoms with E-state index in [1.807, 2.05) is 5.51 Å². The van der Waals surface area contributed by atoms with Crippen molar-refractivity contribution in [3.8, 4) is 0 Å². The van der Waals surface area contributed by atoms with Gasteiger partial charge in [0, 0.05) is 30.4 Å². The molecule has 9 heteroatoms. The van der Waals surface area contributed by atoms with Crippen molar-refractivity contribution in [2.24, 2.45) is 10.9 Å². The number of nitrogens with one attached hydrogen (secondary N) is 1. The molecule has 1 unspecified atom stereocenters. The average molecular weight is 510 g/mol. The second-order valence-electron chi connectivity index (χ2n) is 7.45. The van der Waals surface area contributed by atoms with Gasteiger partial charge in [0.05, 0.1) is 29.3 Å². The van der Waals surface area contributed by atoms with Crippen LogP contribution in [0.3, 0.4) is 0 Å². The highest BCUT2D eigenvalue weighted by Gasteiger charge is 2.29. The van der Waals surface area contributed by atoms with Crippen molar-refractivity contribution >= 4 is 51.1 Å². The van der Waals surface area contributed by atoms with Crippen LogP contribution in [0.15, 0.2) is 10.5 Å². The van der Waals surface area contributed by atoms with Gasteiger partial charge in [0.2, 0.25) is 0 Å². The highest BCUT2D eigenvalue weighted by molar-refractivity contribution is 14.0. The zero-order valence-corrected chi connectivity index (χ0v) is 18.9. The van der Waals surface area contributed by atoms with Gasteiger partial charge in [0.1, 0.15) is 0 Å². The summed E-state index contributed by atoms with van der Waals surface area (Å²) in [5.74, 6) is 1.77. The van der Waals surface area contributed by atoms with Gasteiger partial charge in [-0.3, -0.25) is 4.99 Å². The first-order valence-electron chi connectivity index (χ1n) is 9.27. The van der Waals surface area contributed by atoms with Crippen molar-refractivity contribution in [3.63, 3.8) is 0 Å². The van der Waals surface area contributed by atoms with Gasteiger partial charge in [0.15, 0.2) is 15.8 Å². The van der Waals surface area contributed by atoms with E-state index in [2.05, 4.69) is 15.2 Å². The molecule has 146 valence electrons. The molecule has 4 rings (SSSR count). The first-order valence-corrected chi connectivity index (χ1v) is 12.0. The monoisotopic (exact) mass is 510 g/mol. The molecule has 1 N–H and O–H groups in total. The van der Waals surface area contributed by atoms with Crippen molar-refractivity contribution in [2.45, 2.75) is 51.1 Å². The standard InChI is InChI=1S/C17H26N4O2S2.HI/c22-25(23)8-6-13(11-25)9-18-17(20-14-3-1-2-4-14)21-7-5-15-16(10-21)24-12-19-15;/h12-14H,1-11H2,(H,18,20);1H. The maximum absolute atomic E-state index is 11.7. The number of sulfone groups is 1. The third kappa shape index (κ3) is 4.89. The van der Waals surface area contributed by atoms with Crippen molar-refractivity contribution < 1.29 is 8.42 Å². The molecule has 0 spiro atoms. The molecule has 0 aromatic carbocycles. The number of thiazole rings is 1. The normalized spacial score (nSPS) is 25.8. The molecule has 2 aliphatic heterocycles. The number of rotatable bonds is 3. The van der Waals surface area contributed by atoms with Crippen molar-refractivity contribution in [1.82, 2.24) is 15.2 Å². The van der Waals surface area contributed by atoms with Gasteiger partial charge in [-0.25, -0.2) is 13.4 Å². The molecule has 1 atom stereocenters. The van der Waals surface area contributed by atoms with Crippen LogP contribution in [0.25, 0.3) is 0 Å². The summed E-state index contributed by atoms with van der Waals surface area (Å²) in [4.78, 5) is 13.0. The van der Waals surface area contributed by atoms with Crippen LogP contribution in [-0.4, -0.2) is 54.9 Å². The minimum atomic E-state index is -2.83. The number of hydrogen-bond acceptors (Lipinski definition) is 5. The van der Waals surface area contributed by atoms with Crippen LogP contribution in [0.2, 0.25) is 0 Å². The largest absolute Gasteiger partial charge is 0.353 e. The molecule has 1 aromatic rings. The van der Waals surface area contributed by atoms with E-state index in [4.69, 9.17) is 4.99 Å². The Bertz CT molecular complexity index is 744. The molecule has 26 heavy (non-hydrogen) atoms. The predicted molar refractivity (Wildman–Crippen MR) is 116 cm³/mol. The molecule has 1 saturated heterocycles. The molecule has 2 fully saturated rings. The Kier molecular flexibility index (Phi) is 6.82. The fraction of sp³-hybridized carbons (Fsp3) is 0.765. The first kappa shape index (κ1) is 20.3. The van der Waals surface area contributed by atoms with E-state index < -0.39 is 9.84 Å². The topological polar surface area (TPSA) is 74.7 Å². The number of aliphatic imine (C=N–C) groups is 1. The number of aromatic nitrogens is 1. The minimum Gasteiger partial charge on any atom is -0.353 e. The van der Waals surface area contributed by atoms with E-state index in [1.54, 1.807) is 11.3 Å². The van der Waals surface area contributed by atoms with Crippen molar-refractivity contribution in [2.75, 3.05) is 24.6 Å². The Hall–Kier alpha value is -0.420. The number of hydrogen-bond donors (Lipinski definition) is 1. The molecule has 0 bridgehead atoms. The van der Waals surface area contributed by atoms with E-state index in [1.165, 1.54) is 36.3 Å². The fourth-order valence-corrected chi connectivity index (χ4v) is 6.70. The zero-order valence-electron chi connectivity index (χ0n) is 14.9. The highest BCUT2D eigenvalue weighted by atomic mass is 127. The average Bonchev–Trinajstić information content (AvgIpc) is 3.31. The summed E-state index contributed by atoms with van der Waals surface area (Å²) >= 11 is 1.72. The molecule has 1 aromatic heterocycles. The van der Waals surface area contributed by atoms with Crippen LogP contribution in [0, 0.1) is 5.92 Å². The van der Waals surface area contributed by atoms with Gasteiger partial charge in [-0.15, -0.1) is 35.3 Å². The molecule has 3 aliphatic rings. The second kappa shape index (κ2) is 8.72. The quantitative estimate of drug-likeness (QED) is 0.384. The summed E-state index contributed by atoms with van der Waals surface area (Å²) in [7, 11) is -2.83. The SMILES string of the molecule is I.O=S1(=O)CCC(CN=C(NC2CCCC2)N2CCc3ncsc3C2)C1. The van der Waals surface area contributed by atoms with Gasteiger partial charge in [-0.1, -0.05) is 12.8 Å².